The molecule has 2 unspecified atom stereocenters. The summed E-state index contributed by atoms with van der Waals surface area (Å²) in [5, 5.41) is 19.7. The van der Waals surface area contributed by atoms with E-state index in [0.29, 0.717) is 5.56 Å². The molecule has 1 aromatic rings. The lowest BCUT2D eigenvalue weighted by atomic mass is 10.0. The third-order valence-corrected chi connectivity index (χ3v) is 2.16. The molecule has 1 aromatic carbocycles. The van der Waals surface area contributed by atoms with Gasteiger partial charge >= 0.3 is 0 Å². The van der Waals surface area contributed by atoms with Crippen LogP contribution in [0.1, 0.15) is 5.56 Å². The molecule has 0 aliphatic heterocycles. The second-order valence-electron chi connectivity index (χ2n) is 3.26. The molecule has 0 amide bonds. The Kier molecular flexibility index (Phi) is 4.17. The van der Waals surface area contributed by atoms with Gasteiger partial charge in [-0.05, 0) is 5.56 Å². The fourth-order valence-corrected chi connectivity index (χ4v) is 1.31. The summed E-state index contributed by atoms with van der Waals surface area (Å²) in [7, 11) is 0. The summed E-state index contributed by atoms with van der Waals surface area (Å²) in [6, 6.07) is 7.42. The second kappa shape index (κ2) is 5.41. The Bertz CT molecular complexity index is 318. The third-order valence-electron chi connectivity index (χ3n) is 2.16. The minimum Gasteiger partial charge on any atom is -0.383 e. The molecule has 0 saturated carbocycles. The zero-order chi connectivity index (χ0) is 11.3. The van der Waals surface area contributed by atoms with Crippen molar-refractivity contribution in [1.82, 2.24) is 0 Å². The van der Waals surface area contributed by atoms with Gasteiger partial charge in [-0.15, -0.1) is 0 Å². The van der Waals surface area contributed by atoms with Gasteiger partial charge in [-0.2, -0.15) is 0 Å². The summed E-state index contributed by atoms with van der Waals surface area (Å²) in [6.07, 6.45) is -1.50. The number of halogens is 1. The van der Waals surface area contributed by atoms with E-state index in [9.17, 15) is 14.5 Å². The van der Waals surface area contributed by atoms with Gasteiger partial charge in [-0.25, -0.2) is 4.39 Å². The van der Waals surface area contributed by atoms with Crippen LogP contribution in [-0.4, -0.2) is 28.9 Å². The molecule has 0 aromatic heterocycles. The van der Waals surface area contributed by atoms with Crippen molar-refractivity contribution < 1.29 is 14.4 Å². The van der Waals surface area contributed by atoms with Crippen LogP contribution in [0, 0.1) is 10.1 Å². The van der Waals surface area contributed by atoms with Gasteiger partial charge in [0, 0.05) is 11.3 Å². The number of hydrogen-bond donors (Lipinski definition) is 1. The Labute approximate surface area is 86.5 Å². The van der Waals surface area contributed by atoms with Gasteiger partial charge in [0.05, 0.1) is 0 Å². The Morgan fingerprint density at radius 1 is 1.40 bits per heavy atom. The topological polar surface area (TPSA) is 63.4 Å². The van der Waals surface area contributed by atoms with Crippen molar-refractivity contribution in [1.29, 1.82) is 0 Å². The molecule has 0 fully saturated rings. The van der Waals surface area contributed by atoms with E-state index in [1.54, 1.807) is 30.3 Å². The normalized spacial score (nSPS) is 14.5. The molecule has 82 valence electrons. The van der Waals surface area contributed by atoms with Gasteiger partial charge in [0.15, 0.2) is 0 Å². The second-order valence-corrected chi connectivity index (χ2v) is 3.26. The first kappa shape index (κ1) is 11.6. The van der Waals surface area contributed by atoms with E-state index in [2.05, 4.69) is 0 Å². The predicted octanol–water partition coefficient (Wildman–Crippen LogP) is 1.20. The average Bonchev–Trinajstić information content (AvgIpc) is 2.26. The van der Waals surface area contributed by atoms with Crippen LogP contribution in [0.4, 0.5) is 4.39 Å². The minimum atomic E-state index is -1.54. The molecule has 5 heteroatoms. The van der Waals surface area contributed by atoms with Gasteiger partial charge in [0.25, 0.3) is 0 Å². The molecule has 0 saturated heterocycles. The van der Waals surface area contributed by atoms with Gasteiger partial charge < -0.3 is 5.11 Å². The van der Waals surface area contributed by atoms with E-state index >= 15 is 0 Å². The molecule has 0 radical (unpaired) electrons. The standard InChI is InChI=1S/C10H12FNO3/c11-7-10(13)9(12(14)15)6-8-4-2-1-3-5-8/h1-5,9-10,13H,6-7H2. The van der Waals surface area contributed by atoms with Crippen LogP contribution < -0.4 is 0 Å². The molecule has 0 spiro atoms. The molecular weight excluding hydrogens is 201 g/mol. The molecule has 4 nitrogen and oxygen atoms in total. The lowest BCUT2D eigenvalue weighted by Crippen LogP contribution is -2.37. The van der Waals surface area contributed by atoms with Crippen LogP contribution in [0.25, 0.3) is 0 Å². The smallest absolute Gasteiger partial charge is 0.245 e. The summed E-state index contributed by atoms with van der Waals surface area (Å²) in [5.74, 6) is 0. The van der Waals surface area contributed by atoms with E-state index in [1.807, 2.05) is 0 Å². The molecule has 1 rings (SSSR count). The highest BCUT2D eigenvalue weighted by molar-refractivity contribution is 5.15. The maximum absolute atomic E-state index is 12.1. The van der Waals surface area contributed by atoms with Gasteiger partial charge in [-0.3, -0.25) is 10.1 Å². The maximum atomic E-state index is 12.1. The summed E-state index contributed by atoms with van der Waals surface area (Å²) >= 11 is 0. The molecule has 0 bridgehead atoms. The fourth-order valence-electron chi connectivity index (χ4n) is 1.31. The number of rotatable bonds is 5. The number of hydrogen-bond acceptors (Lipinski definition) is 3. The van der Waals surface area contributed by atoms with Crippen LogP contribution in [0.2, 0.25) is 0 Å². The van der Waals surface area contributed by atoms with Crippen molar-refractivity contribution >= 4 is 0 Å². The number of aliphatic hydroxyl groups is 1. The first-order chi connectivity index (χ1) is 7.15. The quantitative estimate of drug-likeness (QED) is 0.590. The zero-order valence-electron chi connectivity index (χ0n) is 8.04. The van der Waals surface area contributed by atoms with Gasteiger partial charge in [0.2, 0.25) is 6.04 Å². The highest BCUT2D eigenvalue weighted by atomic mass is 19.1. The molecule has 0 aliphatic rings. The molecule has 0 aliphatic carbocycles. The number of alkyl halides is 1. The highest BCUT2D eigenvalue weighted by Crippen LogP contribution is 2.09. The Balaban J connectivity index is 2.71. The van der Waals surface area contributed by atoms with Crippen LogP contribution in [0.3, 0.4) is 0 Å². The minimum absolute atomic E-state index is 0.0406. The Hall–Kier alpha value is -1.49. The average molecular weight is 213 g/mol. The van der Waals surface area contributed by atoms with E-state index in [4.69, 9.17) is 5.11 Å². The molecule has 15 heavy (non-hydrogen) atoms. The van der Waals surface area contributed by atoms with E-state index in [1.165, 1.54) is 0 Å². The monoisotopic (exact) mass is 213 g/mol. The van der Waals surface area contributed by atoms with Crippen molar-refractivity contribution in [2.24, 2.45) is 0 Å². The molecule has 2 atom stereocenters. The van der Waals surface area contributed by atoms with Crippen molar-refractivity contribution in [3.8, 4) is 0 Å². The van der Waals surface area contributed by atoms with Crippen LogP contribution >= 0.6 is 0 Å². The first-order valence-corrected chi connectivity index (χ1v) is 4.56. The zero-order valence-corrected chi connectivity index (χ0v) is 8.04. The molecular formula is C10H12FNO3. The lowest BCUT2D eigenvalue weighted by Gasteiger charge is -2.12. The number of nitrogens with zero attached hydrogens (tertiary/aromatic N) is 1. The van der Waals surface area contributed by atoms with Crippen molar-refractivity contribution in [3.05, 3.63) is 46.0 Å². The predicted molar refractivity (Wildman–Crippen MR) is 52.9 cm³/mol. The van der Waals surface area contributed by atoms with Crippen LogP contribution in [-0.2, 0) is 6.42 Å². The van der Waals surface area contributed by atoms with E-state index in [-0.39, 0.29) is 6.42 Å². The Morgan fingerprint density at radius 3 is 2.47 bits per heavy atom. The number of aliphatic hydroxyl groups excluding tert-OH is 1. The van der Waals surface area contributed by atoms with Crippen LogP contribution in [0.15, 0.2) is 30.3 Å². The maximum Gasteiger partial charge on any atom is 0.245 e. The van der Waals surface area contributed by atoms with Gasteiger partial charge in [-0.1, -0.05) is 30.3 Å². The van der Waals surface area contributed by atoms with Crippen molar-refractivity contribution in [3.63, 3.8) is 0 Å². The number of nitro groups is 1. The number of benzene rings is 1. The molecule has 0 heterocycles. The fraction of sp³-hybridized carbons (Fsp3) is 0.400. The first-order valence-electron chi connectivity index (χ1n) is 4.56. The van der Waals surface area contributed by atoms with Crippen LogP contribution in [0.5, 0.6) is 0 Å². The van der Waals surface area contributed by atoms with E-state index < -0.39 is 23.7 Å². The molecule has 1 N–H and O–H groups in total. The Morgan fingerprint density at radius 2 is 2.00 bits per heavy atom. The summed E-state index contributed by atoms with van der Waals surface area (Å²) in [4.78, 5) is 9.94. The highest BCUT2D eigenvalue weighted by Gasteiger charge is 2.29. The summed E-state index contributed by atoms with van der Waals surface area (Å²) in [6.45, 7) is -1.10. The van der Waals surface area contributed by atoms with Crippen molar-refractivity contribution in [2.75, 3.05) is 6.67 Å². The van der Waals surface area contributed by atoms with Crippen molar-refractivity contribution in [2.45, 2.75) is 18.6 Å². The lowest BCUT2D eigenvalue weighted by molar-refractivity contribution is -0.534. The van der Waals surface area contributed by atoms with E-state index in [0.717, 1.165) is 0 Å². The summed E-state index contributed by atoms with van der Waals surface area (Å²) < 4.78 is 12.1. The largest absolute Gasteiger partial charge is 0.383 e. The summed E-state index contributed by atoms with van der Waals surface area (Å²) in [5.41, 5.74) is 0.715. The SMILES string of the molecule is O=[N+]([O-])C(Cc1ccccc1)C(O)CF. The third kappa shape index (κ3) is 3.28. The van der Waals surface area contributed by atoms with Gasteiger partial charge in [0.1, 0.15) is 12.8 Å².